The van der Waals surface area contributed by atoms with Crippen LogP contribution in [0.3, 0.4) is 0 Å². The molecule has 1 aromatic heterocycles. The molecule has 3 amide bonds. The first-order valence-corrected chi connectivity index (χ1v) is 6.84. The average Bonchev–Trinajstić information content (AvgIpc) is 2.88. The Morgan fingerprint density at radius 3 is 2.52 bits per heavy atom. The number of carbonyl (C=O) groups excluding carboxylic acids is 3. The molecule has 1 aromatic carbocycles. The first-order chi connectivity index (χ1) is 9.91. The highest BCUT2D eigenvalue weighted by atomic mass is 79.9. The van der Waals surface area contributed by atoms with E-state index < -0.39 is 17.7 Å². The summed E-state index contributed by atoms with van der Waals surface area (Å²) in [6.45, 7) is 0. The normalized spacial score (nSPS) is 13.7. The number of fused-ring (bicyclic) bond motifs is 1. The van der Waals surface area contributed by atoms with Gasteiger partial charge in [0, 0.05) is 23.4 Å². The lowest BCUT2D eigenvalue weighted by Crippen LogP contribution is -2.37. The summed E-state index contributed by atoms with van der Waals surface area (Å²) in [5.41, 5.74) is 6.40. The number of amides is 3. The fourth-order valence-electron chi connectivity index (χ4n) is 2.35. The van der Waals surface area contributed by atoms with Crippen LogP contribution in [0.1, 0.15) is 31.2 Å². The van der Waals surface area contributed by atoms with E-state index in [2.05, 4.69) is 15.9 Å². The van der Waals surface area contributed by atoms with Crippen LogP contribution in [0.5, 0.6) is 0 Å². The molecule has 2 heterocycles. The van der Waals surface area contributed by atoms with Crippen LogP contribution in [0, 0.1) is 0 Å². The summed E-state index contributed by atoms with van der Waals surface area (Å²) in [6.07, 6.45) is 1.67. The summed E-state index contributed by atoms with van der Waals surface area (Å²) in [6, 6.07) is 6.14. The Kier molecular flexibility index (Phi) is 2.94. The maximum Gasteiger partial charge on any atom is 0.284 e. The third-order valence-corrected chi connectivity index (χ3v) is 3.77. The molecule has 1 aliphatic rings. The van der Waals surface area contributed by atoms with Gasteiger partial charge in [-0.05, 0) is 34.1 Å². The van der Waals surface area contributed by atoms with Gasteiger partial charge < -0.3 is 10.3 Å². The van der Waals surface area contributed by atoms with Crippen molar-refractivity contribution >= 4 is 39.3 Å². The molecule has 0 fully saturated rings. The number of halogens is 1. The molecule has 21 heavy (non-hydrogen) atoms. The number of anilines is 1. The molecule has 0 aliphatic carbocycles. The van der Waals surface area contributed by atoms with Gasteiger partial charge >= 0.3 is 0 Å². The standard InChI is InChI=1S/C14H10BrN3O3/c1-17-6-7(15)5-10(17)13(20)18-12(19)8-3-2-4-9(16)11(8)14(18)21/h2-6H,16H2,1H3. The second-order valence-electron chi connectivity index (χ2n) is 4.68. The van der Waals surface area contributed by atoms with Crippen LogP contribution in [0.4, 0.5) is 5.69 Å². The van der Waals surface area contributed by atoms with Gasteiger partial charge in [0.05, 0.1) is 11.1 Å². The van der Waals surface area contributed by atoms with Crippen LogP contribution in [-0.4, -0.2) is 27.2 Å². The van der Waals surface area contributed by atoms with Crippen molar-refractivity contribution in [3.63, 3.8) is 0 Å². The molecule has 3 rings (SSSR count). The Hall–Kier alpha value is -2.41. The van der Waals surface area contributed by atoms with Gasteiger partial charge in [0.15, 0.2) is 0 Å². The van der Waals surface area contributed by atoms with Gasteiger partial charge in [0.1, 0.15) is 5.69 Å². The number of hydrogen-bond acceptors (Lipinski definition) is 4. The van der Waals surface area contributed by atoms with Crippen LogP contribution in [0.25, 0.3) is 0 Å². The van der Waals surface area contributed by atoms with E-state index in [4.69, 9.17) is 5.73 Å². The number of imide groups is 3. The van der Waals surface area contributed by atoms with Crippen LogP contribution >= 0.6 is 15.9 Å². The van der Waals surface area contributed by atoms with Crippen molar-refractivity contribution in [2.75, 3.05) is 5.73 Å². The lowest BCUT2D eigenvalue weighted by atomic mass is 10.1. The fraction of sp³-hybridized carbons (Fsp3) is 0.0714. The van der Waals surface area contributed by atoms with Gasteiger partial charge in [-0.2, -0.15) is 0 Å². The molecule has 106 valence electrons. The van der Waals surface area contributed by atoms with Crippen LogP contribution in [-0.2, 0) is 7.05 Å². The van der Waals surface area contributed by atoms with E-state index in [1.165, 1.54) is 12.1 Å². The SMILES string of the molecule is Cn1cc(Br)cc1C(=O)N1C(=O)c2cccc(N)c2C1=O. The van der Waals surface area contributed by atoms with Crippen molar-refractivity contribution in [2.24, 2.45) is 7.05 Å². The minimum absolute atomic E-state index is 0.0872. The summed E-state index contributed by atoms with van der Waals surface area (Å²) in [4.78, 5) is 37.8. The van der Waals surface area contributed by atoms with Crippen LogP contribution in [0.2, 0.25) is 0 Å². The molecule has 0 spiro atoms. The first kappa shape index (κ1) is 13.6. The Balaban J connectivity index is 2.08. The summed E-state index contributed by atoms with van der Waals surface area (Å²) < 4.78 is 2.23. The van der Waals surface area contributed by atoms with E-state index in [-0.39, 0.29) is 22.5 Å². The monoisotopic (exact) mass is 347 g/mol. The quantitative estimate of drug-likeness (QED) is 0.629. The van der Waals surface area contributed by atoms with Crippen molar-refractivity contribution < 1.29 is 14.4 Å². The zero-order valence-electron chi connectivity index (χ0n) is 11.0. The maximum atomic E-state index is 12.5. The molecule has 0 atom stereocenters. The van der Waals surface area contributed by atoms with E-state index >= 15 is 0 Å². The number of nitrogens with two attached hydrogens (primary N) is 1. The Morgan fingerprint density at radius 1 is 1.24 bits per heavy atom. The maximum absolute atomic E-state index is 12.5. The van der Waals surface area contributed by atoms with Gasteiger partial charge in [-0.15, -0.1) is 0 Å². The zero-order chi connectivity index (χ0) is 15.3. The molecule has 2 aromatic rings. The predicted octanol–water partition coefficient (Wildman–Crippen LogP) is 1.81. The average molecular weight is 348 g/mol. The molecule has 0 saturated carbocycles. The van der Waals surface area contributed by atoms with Crippen molar-refractivity contribution in [2.45, 2.75) is 0 Å². The van der Waals surface area contributed by atoms with Crippen molar-refractivity contribution in [1.29, 1.82) is 0 Å². The third kappa shape index (κ3) is 1.89. The number of nitrogen functional groups attached to an aromatic ring is 1. The Labute approximate surface area is 128 Å². The zero-order valence-corrected chi connectivity index (χ0v) is 12.5. The van der Waals surface area contributed by atoms with Crippen LogP contribution in [0.15, 0.2) is 34.9 Å². The number of hydrogen-bond donors (Lipinski definition) is 1. The lowest BCUT2D eigenvalue weighted by Gasteiger charge is -2.12. The third-order valence-electron chi connectivity index (χ3n) is 3.34. The van der Waals surface area contributed by atoms with Crippen molar-refractivity contribution in [3.05, 3.63) is 51.8 Å². The topological polar surface area (TPSA) is 85.4 Å². The summed E-state index contributed by atoms with van der Waals surface area (Å²) in [5, 5.41) is 0. The van der Waals surface area contributed by atoms with Gasteiger partial charge in [-0.1, -0.05) is 6.07 Å². The van der Waals surface area contributed by atoms with E-state index in [1.807, 2.05) is 0 Å². The highest BCUT2D eigenvalue weighted by Crippen LogP contribution is 2.29. The van der Waals surface area contributed by atoms with Crippen molar-refractivity contribution in [3.8, 4) is 0 Å². The molecule has 2 N–H and O–H groups in total. The molecule has 6 nitrogen and oxygen atoms in total. The van der Waals surface area contributed by atoms with E-state index in [1.54, 1.807) is 29.9 Å². The number of nitrogens with zero attached hydrogens (tertiary/aromatic N) is 2. The summed E-state index contributed by atoms with van der Waals surface area (Å²) in [7, 11) is 1.66. The Morgan fingerprint density at radius 2 is 1.95 bits per heavy atom. The van der Waals surface area contributed by atoms with E-state index in [9.17, 15) is 14.4 Å². The molecular formula is C14H10BrN3O3. The van der Waals surface area contributed by atoms with E-state index in [0.717, 1.165) is 0 Å². The largest absolute Gasteiger partial charge is 0.398 e. The van der Waals surface area contributed by atoms with Gasteiger partial charge in [0.25, 0.3) is 17.7 Å². The molecule has 7 heteroatoms. The highest BCUT2D eigenvalue weighted by Gasteiger charge is 2.42. The molecular weight excluding hydrogens is 338 g/mol. The number of carbonyl (C=O) groups is 3. The molecule has 0 saturated heterocycles. The first-order valence-electron chi connectivity index (χ1n) is 6.05. The molecule has 0 radical (unpaired) electrons. The highest BCUT2D eigenvalue weighted by molar-refractivity contribution is 9.10. The van der Waals surface area contributed by atoms with Crippen molar-refractivity contribution in [1.82, 2.24) is 9.47 Å². The van der Waals surface area contributed by atoms with Gasteiger partial charge in [-0.25, -0.2) is 4.90 Å². The van der Waals surface area contributed by atoms with Gasteiger partial charge in [0.2, 0.25) is 0 Å². The second kappa shape index (κ2) is 4.56. The minimum atomic E-state index is -0.685. The molecule has 0 unspecified atom stereocenters. The lowest BCUT2D eigenvalue weighted by molar-refractivity contribution is 0.0562. The fourth-order valence-corrected chi connectivity index (χ4v) is 2.87. The minimum Gasteiger partial charge on any atom is -0.398 e. The second-order valence-corrected chi connectivity index (χ2v) is 5.59. The predicted molar refractivity (Wildman–Crippen MR) is 78.8 cm³/mol. The summed E-state index contributed by atoms with van der Waals surface area (Å²) >= 11 is 3.25. The molecule has 1 aliphatic heterocycles. The molecule has 0 bridgehead atoms. The summed E-state index contributed by atoms with van der Waals surface area (Å²) in [5.74, 6) is -2.01. The van der Waals surface area contributed by atoms with Gasteiger partial charge in [-0.3, -0.25) is 14.4 Å². The Bertz CT molecular complexity index is 810. The van der Waals surface area contributed by atoms with E-state index in [0.29, 0.717) is 9.37 Å². The number of aromatic nitrogens is 1. The van der Waals surface area contributed by atoms with Crippen LogP contribution < -0.4 is 5.73 Å². The number of aryl methyl sites for hydroxylation is 1. The number of benzene rings is 1. The number of rotatable bonds is 1. The smallest absolute Gasteiger partial charge is 0.284 e.